The second kappa shape index (κ2) is 14.8. The third kappa shape index (κ3) is 7.35. The highest BCUT2D eigenvalue weighted by Gasteiger charge is 2.68. The molecule has 4 amide bonds. The Balaban J connectivity index is 1.08. The fourth-order valence-electron chi connectivity index (χ4n) is 9.42. The minimum Gasteiger partial charge on any atom is -0.444 e. The Morgan fingerprint density at radius 2 is 1.80 bits per heavy atom. The number of carbonyl (C=O) groups is 4. The van der Waals surface area contributed by atoms with E-state index in [0.717, 1.165) is 35.3 Å². The highest BCUT2D eigenvalue weighted by atomic mass is 32.1. The third-order valence-electron chi connectivity index (χ3n) is 12.6. The number of nitrogens with zero attached hydrogens (tertiary/aromatic N) is 3. The van der Waals surface area contributed by atoms with Gasteiger partial charge in [-0.05, 0) is 60.0 Å². The third-order valence-corrected chi connectivity index (χ3v) is 13.4. The molecular weight excluding hydrogens is 709 g/mol. The van der Waals surface area contributed by atoms with Gasteiger partial charge in [0.05, 0.1) is 34.6 Å². The second-order valence-corrected chi connectivity index (χ2v) is 18.6. The number of hydrogen-bond donors (Lipinski definition) is 2. The van der Waals surface area contributed by atoms with Gasteiger partial charge < -0.3 is 34.3 Å². The van der Waals surface area contributed by atoms with Crippen LogP contribution in [0.1, 0.15) is 96.6 Å². The molecule has 3 aliphatic heterocycles. The van der Waals surface area contributed by atoms with Crippen molar-refractivity contribution in [1.82, 2.24) is 25.4 Å². The van der Waals surface area contributed by atoms with Gasteiger partial charge in [-0.25, -0.2) is 9.59 Å². The van der Waals surface area contributed by atoms with E-state index >= 15 is 0 Å². The largest absolute Gasteiger partial charge is 0.481 e. The van der Waals surface area contributed by atoms with Crippen LogP contribution in [-0.2, 0) is 48.1 Å². The zero-order valence-corrected chi connectivity index (χ0v) is 33.3. The number of likely N-dealkylation sites (tertiary alicyclic amines) is 1. The summed E-state index contributed by atoms with van der Waals surface area (Å²) in [4.78, 5) is 63.4. The number of aromatic nitrogens is 1. The monoisotopic (exact) mass is 763 g/mol. The SMILES string of the molecule is CCC[C@H](NC(=O)[C@@H]1C[C@@H](OC(=O)N2Cc3ccccc3C2)CN1C(=O)[C@@H](NC(=O)OCc1cncs1)C(C)(C)C)B1O[C@@H]2C[C@H]3C[C@H](C3(C)C)[C@]2(C)O1. The first kappa shape index (κ1) is 38.6. The molecule has 8 atom stereocenters. The van der Waals surface area contributed by atoms with E-state index in [9.17, 15) is 19.2 Å². The molecule has 3 saturated carbocycles. The van der Waals surface area contributed by atoms with Gasteiger partial charge in [0, 0.05) is 25.7 Å². The fourth-order valence-corrected chi connectivity index (χ4v) is 9.92. The Kier molecular flexibility index (Phi) is 10.5. The Morgan fingerprint density at radius 1 is 1.07 bits per heavy atom. The second-order valence-electron chi connectivity index (χ2n) is 17.6. The predicted octanol–water partition coefficient (Wildman–Crippen LogP) is 5.46. The van der Waals surface area contributed by atoms with Crippen LogP contribution in [0.4, 0.5) is 9.59 Å². The average molecular weight is 764 g/mol. The number of amides is 4. The lowest BCUT2D eigenvalue weighted by Gasteiger charge is -2.64. The summed E-state index contributed by atoms with van der Waals surface area (Å²) >= 11 is 1.36. The van der Waals surface area contributed by atoms with Crippen molar-refractivity contribution in [2.45, 2.75) is 136 Å². The van der Waals surface area contributed by atoms with Crippen LogP contribution < -0.4 is 10.6 Å². The molecule has 5 fully saturated rings. The maximum atomic E-state index is 14.6. The number of alkyl carbamates (subject to hydrolysis) is 1. The molecular formula is C39H54BN5O8S. The molecule has 2 N–H and O–H groups in total. The molecule has 1 aromatic carbocycles. The van der Waals surface area contributed by atoms with Gasteiger partial charge in [-0.1, -0.05) is 72.2 Å². The van der Waals surface area contributed by atoms with Gasteiger partial charge in [0.15, 0.2) is 0 Å². The van der Waals surface area contributed by atoms with Gasteiger partial charge >= 0.3 is 19.3 Å². The Labute approximate surface area is 322 Å². The molecule has 4 heterocycles. The van der Waals surface area contributed by atoms with Crippen molar-refractivity contribution in [3.05, 3.63) is 52.0 Å². The van der Waals surface area contributed by atoms with Crippen LogP contribution in [0.3, 0.4) is 0 Å². The molecule has 15 heteroatoms. The molecule has 1 aromatic heterocycles. The summed E-state index contributed by atoms with van der Waals surface area (Å²) in [6.07, 6.45) is 3.09. The van der Waals surface area contributed by atoms with E-state index in [4.69, 9.17) is 18.8 Å². The van der Waals surface area contributed by atoms with E-state index in [1.54, 1.807) is 16.6 Å². The lowest BCUT2D eigenvalue weighted by molar-refractivity contribution is -0.199. The Bertz CT molecular complexity index is 1710. The molecule has 0 spiro atoms. The summed E-state index contributed by atoms with van der Waals surface area (Å²) in [6.45, 7) is 15.2. The van der Waals surface area contributed by atoms with E-state index < -0.39 is 60.4 Å². The van der Waals surface area contributed by atoms with E-state index in [1.165, 1.54) is 16.2 Å². The fraction of sp³-hybridized carbons (Fsp3) is 0.667. The van der Waals surface area contributed by atoms with Crippen molar-refractivity contribution < 1.29 is 38.0 Å². The number of ether oxygens (including phenoxy) is 2. The lowest BCUT2D eigenvalue weighted by Crippen LogP contribution is -2.65. The normalized spacial score (nSPS) is 29.1. The highest BCUT2D eigenvalue weighted by Crippen LogP contribution is 2.65. The molecule has 2 saturated heterocycles. The number of nitrogens with one attached hydrogen (secondary N) is 2. The summed E-state index contributed by atoms with van der Waals surface area (Å²) < 4.78 is 24.8. The number of benzene rings is 1. The molecule has 54 heavy (non-hydrogen) atoms. The Hall–Kier alpha value is -3.69. The van der Waals surface area contributed by atoms with Gasteiger partial charge in [-0.2, -0.15) is 0 Å². The minimum absolute atomic E-state index is 0.0115. The van der Waals surface area contributed by atoms with E-state index in [2.05, 4.69) is 36.4 Å². The molecule has 13 nitrogen and oxygen atoms in total. The van der Waals surface area contributed by atoms with Crippen molar-refractivity contribution in [2.24, 2.45) is 22.7 Å². The number of thiazole rings is 1. The van der Waals surface area contributed by atoms with Crippen molar-refractivity contribution in [3.63, 3.8) is 0 Å². The molecule has 6 aliphatic rings. The molecule has 0 radical (unpaired) electrons. The summed E-state index contributed by atoms with van der Waals surface area (Å²) in [5.74, 6) is -0.347. The van der Waals surface area contributed by atoms with Crippen LogP contribution in [0, 0.1) is 22.7 Å². The van der Waals surface area contributed by atoms with Crippen LogP contribution in [0.5, 0.6) is 0 Å². The quantitative estimate of drug-likeness (QED) is 0.301. The van der Waals surface area contributed by atoms with Crippen LogP contribution >= 0.6 is 11.3 Å². The van der Waals surface area contributed by atoms with Gasteiger partial charge in [-0.15, -0.1) is 11.3 Å². The maximum absolute atomic E-state index is 14.6. The van der Waals surface area contributed by atoms with Gasteiger partial charge in [0.2, 0.25) is 11.8 Å². The van der Waals surface area contributed by atoms with Crippen LogP contribution in [0.2, 0.25) is 0 Å². The minimum atomic E-state index is -1.05. The maximum Gasteiger partial charge on any atom is 0.481 e. The molecule has 2 aromatic rings. The van der Waals surface area contributed by atoms with Crippen LogP contribution in [-0.4, -0.2) is 88.3 Å². The number of rotatable bonds is 10. The molecule has 292 valence electrons. The van der Waals surface area contributed by atoms with E-state index in [1.807, 2.05) is 52.0 Å². The summed E-state index contributed by atoms with van der Waals surface area (Å²) in [5.41, 5.74) is 2.74. The smallest absolute Gasteiger partial charge is 0.444 e. The number of hydrogen-bond acceptors (Lipinski definition) is 10. The van der Waals surface area contributed by atoms with Crippen molar-refractivity contribution in [3.8, 4) is 0 Å². The van der Waals surface area contributed by atoms with Gasteiger partial charge in [-0.3, -0.25) is 19.5 Å². The summed E-state index contributed by atoms with van der Waals surface area (Å²) in [6, 6.07) is 5.84. The van der Waals surface area contributed by atoms with Crippen LogP contribution in [0.25, 0.3) is 0 Å². The number of carbonyl (C=O) groups excluding carboxylic acids is 4. The molecule has 0 unspecified atom stereocenters. The zero-order valence-electron chi connectivity index (χ0n) is 32.5. The average Bonchev–Trinajstić information content (AvgIpc) is 3.93. The van der Waals surface area contributed by atoms with Crippen molar-refractivity contribution >= 4 is 42.5 Å². The summed E-state index contributed by atoms with van der Waals surface area (Å²) in [7, 11) is -0.632. The van der Waals surface area contributed by atoms with E-state index in [0.29, 0.717) is 31.3 Å². The predicted molar refractivity (Wildman–Crippen MR) is 202 cm³/mol. The summed E-state index contributed by atoms with van der Waals surface area (Å²) in [5, 5.41) is 5.97. The van der Waals surface area contributed by atoms with Gasteiger partial charge in [0.1, 0.15) is 24.8 Å². The topological polar surface area (TPSA) is 149 Å². The standard InChI is InChI=1S/C39H54BN5O8S/c1-8-11-31(40-52-30-15-25-14-29(38(25,5)6)39(30,7)53-40)42-33(46)28-16-26(51-36(49)44-18-23-12-9-10-13-24(23)19-44)20-45(28)34(47)32(37(2,3)4)43-35(48)50-21-27-17-41-22-54-27/h9-10,12-13,17,22,25-26,28-32H,8,11,14-16,18-21H2,1-7H3,(H,42,46)(H,43,48)/t25-,26-,28+,29-,30-,31+,32-,39+/m1/s1. The van der Waals surface area contributed by atoms with Gasteiger partial charge in [0.25, 0.3) is 0 Å². The first-order valence-electron chi connectivity index (χ1n) is 19.4. The number of fused-ring (bicyclic) bond motifs is 1. The van der Waals surface area contributed by atoms with Crippen molar-refractivity contribution in [1.29, 1.82) is 0 Å². The van der Waals surface area contributed by atoms with Crippen LogP contribution in [0.15, 0.2) is 36.0 Å². The Morgan fingerprint density at radius 3 is 2.43 bits per heavy atom. The zero-order chi connectivity index (χ0) is 38.6. The molecule has 2 bridgehead atoms. The lowest BCUT2D eigenvalue weighted by atomic mass is 9.43. The highest BCUT2D eigenvalue weighted by molar-refractivity contribution is 7.09. The molecule has 3 aliphatic carbocycles. The molecule has 8 rings (SSSR count). The van der Waals surface area contributed by atoms with E-state index in [-0.39, 0.29) is 37.0 Å². The van der Waals surface area contributed by atoms with Crippen molar-refractivity contribution in [2.75, 3.05) is 6.54 Å². The first-order chi connectivity index (χ1) is 25.6. The first-order valence-corrected chi connectivity index (χ1v) is 20.2.